The third-order valence-electron chi connectivity index (χ3n) is 4.04. The summed E-state index contributed by atoms with van der Waals surface area (Å²) in [5, 5.41) is 0.652. The summed E-state index contributed by atoms with van der Waals surface area (Å²) in [5.74, 6) is 0.582. The minimum absolute atomic E-state index is 0.0113. The van der Waals surface area contributed by atoms with E-state index in [1.54, 1.807) is 35.4 Å². The number of fused-ring (bicyclic) bond motifs is 1. The number of rotatable bonds is 5. The smallest absolute Gasteiger partial charge is 0.260 e. The molecular weight excluding hydrogens is 358 g/mol. The Kier molecular flexibility index (Phi) is 5.01. The molecule has 0 atom stereocenters. The van der Waals surface area contributed by atoms with Crippen molar-refractivity contribution >= 4 is 33.8 Å². The number of aromatic nitrogens is 2. The summed E-state index contributed by atoms with van der Waals surface area (Å²) in [5.41, 5.74) is 2.88. The summed E-state index contributed by atoms with van der Waals surface area (Å²) < 4.78 is 7.70. The van der Waals surface area contributed by atoms with E-state index in [9.17, 15) is 4.79 Å². The molecule has 0 unspecified atom stereocenters. The maximum atomic E-state index is 12.4. The summed E-state index contributed by atoms with van der Waals surface area (Å²) in [7, 11) is 1.78. The van der Waals surface area contributed by atoms with Crippen LogP contribution in [0, 0.1) is 20.8 Å². The third-order valence-corrected chi connectivity index (χ3v) is 5.17. The SMILES string of the molecule is Cc1cn2c(CN(C)C(=O)COc3ccc(Cl)cc3C)c(C)nc2s1. The van der Waals surface area contributed by atoms with E-state index in [0.29, 0.717) is 17.3 Å². The predicted octanol–water partition coefficient (Wildman–Crippen LogP) is 4.01. The lowest BCUT2D eigenvalue weighted by molar-refractivity contribution is -0.132. The van der Waals surface area contributed by atoms with Gasteiger partial charge in [0.25, 0.3) is 5.91 Å². The molecule has 3 aromatic rings. The Morgan fingerprint density at radius 3 is 2.84 bits per heavy atom. The van der Waals surface area contributed by atoms with Crippen LogP contribution in [0.4, 0.5) is 0 Å². The number of thiazole rings is 1. The van der Waals surface area contributed by atoms with E-state index < -0.39 is 0 Å². The van der Waals surface area contributed by atoms with Gasteiger partial charge in [0.05, 0.1) is 17.9 Å². The quantitative estimate of drug-likeness (QED) is 0.674. The molecule has 0 aliphatic heterocycles. The van der Waals surface area contributed by atoms with Crippen molar-refractivity contribution in [3.05, 3.63) is 51.2 Å². The molecule has 132 valence electrons. The number of nitrogens with zero attached hydrogens (tertiary/aromatic N) is 3. The van der Waals surface area contributed by atoms with Crippen molar-refractivity contribution in [3.63, 3.8) is 0 Å². The number of benzene rings is 1. The minimum atomic E-state index is -0.0874. The second-order valence-electron chi connectivity index (χ2n) is 6.09. The van der Waals surface area contributed by atoms with Crippen molar-refractivity contribution in [2.75, 3.05) is 13.7 Å². The highest BCUT2D eigenvalue weighted by molar-refractivity contribution is 7.17. The zero-order chi connectivity index (χ0) is 18.1. The zero-order valence-electron chi connectivity index (χ0n) is 14.7. The lowest BCUT2D eigenvalue weighted by Gasteiger charge is -2.18. The van der Waals surface area contributed by atoms with Gasteiger partial charge in [-0.1, -0.05) is 11.6 Å². The van der Waals surface area contributed by atoms with E-state index in [1.807, 2.05) is 19.9 Å². The van der Waals surface area contributed by atoms with Gasteiger partial charge in [-0.3, -0.25) is 9.20 Å². The highest BCUT2D eigenvalue weighted by Gasteiger charge is 2.17. The largest absolute Gasteiger partial charge is 0.483 e. The number of halogens is 1. The number of carbonyl (C=O) groups is 1. The average Bonchev–Trinajstić information content (AvgIpc) is 3.03. The van der Waals surface area contributed by atoms with Crippen LogP contribution in [0.2, 0.25) is 5.02 Å². The normalized spacial score (nSPS) is 11.1. The molecule has 1 aromatic carbocycles. The summed E-state index contributed by atoms with van der Waals surface area (Å²) in [6, 6.07) is 5.35. The number of hydrogen-bond acceptors (Lipinski definition) is 4. The van der Waals surface area contributed by atoms with Crippen LogP contribution in [0.25, 0.3) is 4.96 Å². The second-order valence-corrected chi connectivity index (χ2v) is 7.74. The van der Waals surface area contributed by atoms with Crippen LogP contribution in [0.3, 0.4) is 0 Å². The first-order valence-corrected chi connectivity index (χ1v) is 9.11. The maximum Gasteiger partial charge on any atom is 0.260 e. The highest BCUT2D eigenvalue weighted by Crippen LogP contribution is 2.23. The fourth-order valence-electron chi connectivity index (χ4n) is 2.64. The topological polar surface area (TPSA) is 46.8 Å². The average molecular weight is 378 g/mol. The maximum absolute atomic E-state index is 12.4. The fourth-order valence-corrected chi connectivity index (χ4v) is 3.75. The first kappa shape index (κ1) is 17.8. The van der Waals surface area contributed by atoms with E-state index in [0.717, 1.165) is 21.9 Å². The number of carbonyl (C=O) groups excluding carboxylic acids is 1. The van der Waals surface area contributed by atoms with E-state index in [1.165, 1.54) is 4.88 Å². The molecule has 7 heteroatoms. The van der Waals surface area contributed by atoms with Crippen molar-refractivity contribution in [3.8, 4) is 5.75 Å². The molecule has 25 heavy (non-hydrogen) atoms. The lowest BCUT2D eigenvalue weighted by atomic mass is 10.2. The molecule has 3 rings (SSSR count). The van der Waals surface area contributed by atoms with Crippen LogP contribution in [0.5, 0.6) is 5.75 Å². The Labute approximate surface area is 155 Å². The molecule has 0 radical (unpaired) electrons. The van der Waals surface area contributed by atoms with Crippen LogP contribution in [0.15, 0.2) is 24.4 Å². The van der Waals surface area contributed by atoms with Gasteiger partial charge in [-0.2, -0.15) is 0 Å². The number of likely N-dealkylation sites (N-methyl/N-ethyl adjacent to an activating group) is 1. The van der Waals surface area contributed by atoms with Gasteiger partial charge in [0, 0.05) is 23.1 Å². The van der Waals surface area contributed by atoms with Crippen molar-refractivity contribution in [1.82, 2.24) is 14.3 Å². The van der Waals surface area contributed by atoms with E-state index >= 15 is 0 Å². The highest BCUT2D eigenvalue weighted by atomic mass is 35.5. The molecule has 0 saturated heterocycles. The summed E-state index contributed by atoms with van der Waals surface area (Å²) in [6.45, 7) is 6.40. The van der Waals surface area contributed by atoms with Gasteiger partial charge in [-0.25, -0.2) is 4.98 Å². The molecule has 0 N–H and O–H groups in total. The van der Waals surface area contributed by atoms with Crippen LogP contribution in [-0.4, -0.2) is 33.8 Å². The molecule has 0 bridgehead atoms. The van der Waals surface area contributed by atoms with E-state index in [-0.39, 0.29) is 12.5 Å². The number of hydrogen-bond donors (Lipinski definition) is 0. The fraction of sp³-hybridized carbons (Fsp3) is 0.333. The third kappa shape index (κ3) is 3.80. The first-order chi connectivity index (χ1) is 11.8. The van der Waals surface area contributed by atoms with Crippen molar-refractivity contribution in [2.24, 2.45) is 0 Å². The molecular formula is C18H20ClN3O2S. The Bertz CT molecular complexity index is 932. The number of aryl methyl sites for hydroxylation is 3. The number of amides is 1. The van der Waals surface area contributed by atoms with Gasteiger partial charge in [-0.05, 0) is 44.5 Å². The second kappa shape index (κ2) is 7.06. The van der Waals surface area contributed by atoms with Gasteiger partial charge in [0.2, 0.25) is 0 Å². The number of ether oxygens (including phenoxy) is 1. The van der Waals surface area contributed by atoms with Crippen molar-refractivity contribution in [2.45, 2.75) is 27.3 Å². The summed E-state index contributed by atoms with van der Waals surface area (Å²) >= 11 is 7.58. The van der Waals surface area contributed by atoms with E-state index in [2.05, 4.69) is 22.5 Å². The Hall–Kier alpha value is -2.05. The predicted molar refractivity (Wildman–Crippen MR) is 101 cm³/mol. The van der Waals surface area contributed by atoms with Crippen molar-refractivity contribution < 1.29 is 9.53 Å². The minimum Gasteiger partial charge on any atom is -0.483 e. The first-order valence-electron chi connectivity index (χ1n) is 7.92. The molecule has 0 aliphatic rings. The molecule has 1 amide bonds. The van der Waals surface area contributed by atoms with Gasteiger partial charge >= 0.3 is 0 Å². The van der Waals surface area contributed by atoms with Crippen LogP contribution in [0.1, 0.15) is 21.8 Å². The van der Waals surface area contributed by atoms with Crippen LogP contribution in [-0.2, 0) is 11.3 Å². The molecule has 0 aliphatic carbocycles. The lowest BCUT2D eigenvalue weighted by Crippen LogP contribution is -2.31. The number of imidazole rings is 1. The Morgan fingerprint density at radius 2 is 2.12 bits per heavy atom. The molecule has 2 heterocycles. The standard InChI is InChI=1S/C18H20ClN3O2S/c1-11-7-14(19)5-6-16(11)24-10-17(23)21(4)9-15-13(3)20-18-22(15)8-12(2)25-18/h5-8H,9-10H2,1-4H3. The molecule has 2 aromatic heterocycles. The molecule has 5 nitrogen and oxygen atoms in total. The van der Waals surface area contributed by atoms with Crippen LogP contribution >= 0.6 is 22.9 Å². The van der Waals surface area contributed by atoms with Gasteiger partial charge in [0.15, 0.2) is 11.6 Å². The van der Waals surface area contributed by atoms with Crippen LogP contribution < -0.4 is 4.74 Å². The zero-order valence-corrected chi connectivity index (χ0v) is 16.2. The summed E-state index contributed by atoms with van der Waals surface area (Å²) in [4.78, 5) is 20.8. The monoisotopic (exact) mass is 377 g/mol. The Morgan fingerprint density at radius 1 is 1.36 bits per heavy atom. The summed E-state index contributed by atoms with van der Waals surface area (Å²) in [6.07, 6.45) is 2.06. The molecule has 0 fully saturated rings. The van der Waals surface area contributed by atoms with Gasteiger partial charge in [-0.15, -0.1) is 11.3 Å². The Balaban J connectivity index is 1.66. The van der Waals surface area contributed by atoms with Gasteiger partial charge < -0.3 is 9.64 Å². The van der Waals surface area contributed by atoms with Gasteiger partial charge in [0.1, 0.15) is 5.75 Å². The molecule has 0 spiro atoms. The van der Waals surface area contributed by atoms with E-state index in [4.69, 9.17) is 16.3 Å². The van der Waals surface area contributed by atoms with Crippen molar-refractivity contribution in [1.29, 1.82) is 0 Å². The molecule has 0 saturated carbocycles.